The number of rotatable bonds is 11. The Balaban J connectivity index is 1.76. The number of sulfonamides is 1. The molecule has 0 aliphatic carbocycles. The summed E-state index contributed by atoms with van der Waals surface area (Å²) in [6.07, 6.45) is 3.53. The van der Waals surface area contributed by atoms with Crippen molar-refractivity contribution in [3.8, 4) is 5.75 Å². The number of halogens is 1. The van der Waals surface area contributed by atoms with Gasteiger partial charge in [-0.3, -0.25) is 9.10 Å². The van der Waals surface area contributed by atoms with Gasteiger partial charge in [0.2, 0.25) is 0 Å². The SMILES string of the molecule is CCCCOc1ccc(/C=N\NC(=O)CN(c2cc(Cl)ccc2C)S(=O)(=O)c2ccc(C)cc2)cc1. The molecule has 3 aromatic carbocycles. The molecule has 0 saturated carbocycles. The van der Waals surface area contributed by atoms with Gasteiger partial charge in [-0.2, -0.15) is 5.10 Å². The van der Waals surface area contributed by atoms with Crippen LogP contribution in [0.25, 0.3) is 0 Å². The van der Waals surface area contributed by atoms with Gasteiger partial charge >= 0.3 is 0 Å². The van der Waals surface area contributed by atoms with Crippen LogP contribution in [0, 0.1) is 13.8 Å². The van der Waals surface area contributed by atoms with Crippen LogP contribution in [0.15, 0.2) is 76.7 Å². The minimum absolute atomic E-state index is 0.0741. The highest BCUT2D eigenvalue weighted by Gasteiger charge is 2.28. The number of carbonyl (C=O) groups is 1. The summed E-state index contributed by atoms with van der Waals surface area (Å²) >= 11 is 6.16. The predicted molar refractivity (Wildman–Crippen MR) is 144 cm³/mol. The van der Waals surface area contributed by atoms with Crippen molar-refractivity contribution in [3.63, 3.8) is 0 Å². The van der Waals surface area contributed by atoms with E-state index in [0.717, 1.165) is 34.0 Å². The molecule has 0 aliphatic heterocycles. The Bertz CT molecular complexity index is 1310. The molecule has 0 heterocycles. The topological polar surface area (TPSA) is 88.1 Å². The van der Waals surface area contributed by atoms with Gasteiger partial charge < -0.3 is 4.74 Å². The molecular weight excluding hydrogens is 498 g/mol. The fraction of sp³-hybridized carbons (Fsp3) is 0.259. The van der Waals surface area contributed by atoms with E-state index >= 15 is 0 Å². The Morgan fingerprint density at radius 2 is 1.75 bits per heavy atom. The monoisotopic (exact) mass is 527 g/mol. The lowest BCUT2D eigenvalue weighted by Gasteiger charge is -2.25. The summed E-state index contributed by atoms with van der Waals surface area (Å²) in [6, 6.07) is 18.7. The number of anilines is 1. The molecule has 1 amide bonds. The number of hydrogen-bond donors (Lipinski definition) is 1. The molecule has 1 N–H and O–H groups in total. The van der Waals surface area contributed by atoms with Crippen LogP contribution in [-0.2, 0) is 14.8 Å². The second-order valence-electron chi connectivity index (χ2n) is 8.32. The Kier molecular flexibility index (Phi) is 9.50. The highest BCUT2D eigenvalue weighted by molar-refractivity contribution is 7.92. The summed E-state index contributed by atoms with van der Waals surface area (Å²) < 4.78 is 33.7. The maximum Gasteiger partial charge on any atom is 0.264 e. The van der Waals surface area contributed by atoms with Crippen LogP contribution in [0.4, 0.5) is 5.69 Å². The highest BCUT2D eigenvalue weighted by atomic mass is 35.5. The Morgan fingerprint density at radius 1 is 1.06 bits per heavy atom. The van der Waals surface area contributed by atoms with Crippen molar-refractivity contribution in [1.82, 2.24) is 5.43 Å². The van der Waals surface area contributed by atoms with Crippen LogP contribution in [0.1, 0.15) is 36.5 Å². The smallest absolute Gasteiger partial charge is 0.264 e. The van der Waals surface area contributed by atoms with E-state index in [1.165, 1.54) is 24.4 Å². The number of hydrogen-bond acceptors (Lipinski definition) is 5. The molecule has 0 unspecified atom stereocenters. The van der Waals surface area contributed by atoms with Gasteiger partial charge in [-0.1, -0.05) is 48.7 Å². The minimum Gasteiger partial charge on any atom is -0.494 e. The lowest BCUT2D eigenvalue weighted by Crippen LogP contribution is -2.40. The molecule has 0 aromatic heterocycles. The van der Waals surface area contributed by atoms with Crippen molar-refractivity contribution in [3.05, 3.63) is 88.4 Å². The van der Waals surface area contributed by atoms with E-state index in [9.17, 15) is 13.2 Å². The summed E-state index contributed by atoms with van der Waals surface area (Å²) in [5, 5.41) is 4.35. The van der Waals surface area contributed by atoms with Crippen molar-refractivity contribution in [1.29, 1.82) is 0 Å². The zero-order chi connectivity index (χ0) is 26.1. The second-order valence-corrected chi connectivity index (χ2v) is 10.6. The van der Waals surface area contributed by atoms with E-state index in [-0.39, 0.29) is 4.90 Å². The summed E-state index contributed by atoms with van der Waals surface area (Å²) in [6.45, 7) is 5.92. The van der Waals surface area contributed by atoms with Crippen molar-refractivity contribution >= 4 is 39.4 Å². The summed E-state index contributed by atoms with van der Waals surface area (Å²) in [5.74, 6) is 0.166. The molecule has 0 fully saturated rings. The average molecular weight is 528 g/mol. The molecule has 3 rings (SSSR count). The van der Waals surface area contributed by atoms with E-state index in [0.29, 0.717) is 22.9 Å². The molecule has 0 bridgehead atoms. The van der Waals surface area contributed by atoms with Gasteiger partial charge in [-0.15, -0.1) is 0 Å². The lowest BCUT2D eigenvalue weighted by atomic mass is 10.2. The third-order valence-corrected chi connectivity index (χ3v) is 7.39. The van der Waals surface area contributed by atoms with E-state index in [1.54, 1.807) is 31.2 Å². The Labute approximate surface area is 217 Å². The summed E-state index contributed by atoms with van der Waals surface area (Å²) in [7, 11) is -4.05. The standard InChI is InChI=1S/C27H30ClN3O4S/c1-4-5-16-35-24-12-9-22(10-13-24)18-29-30-27(32)19-31(26-17-23(28)11-8-21(26)3)36(33,34)25-14-6-20(2)7-15-25/h6-15,17-18H,4-5,16,19H2,1-3H3,(H,30,32)/b29-18-. The summed E-state index contributed by atoms with van der Waals surface area (Å²) in [5.41, 5.74) is 5.08. The number of nitrogens with zero attached hydrogens (tertiary/aromatic N) is 2. The first-order valence-corrected chi connectivity index (χ1v) is 13.4. The molecule has 0 saturated heterocycles. The van der Waals surface area contributed by atoms with Gasteiger partial charge in [-0.25, -0.2) is 13.8 Å². The van der Waals surface area contributed by atoms with E-state index in [2.05, 4.69) is 17.5 Å². The van der Waals surface area contributed by atoms with Gasteiger partial charge in [0.1, 0.15) is 12.3 Å². The number of amides is 1. The first-order chi connectivity index (χ1) is 17.2. The van der Waals surface area contributed by atoms with Crippen molar-refractivity contribution in [2.75, 3.05) is 17.5 Å². The summed E-state index contributed by atoms with van der Waals surface area (Å²) in [4.78, 5) is 12.8. The molecule has 190 valence electrons. The van der Waals surface area contributed by atoms with Crippen LogP contribution in [0.5, 0.6) is 5.75 Å². The van der Waals surface area contributed by atoms with E-state index < -0.39 is 22.5 Å². The molecule has 0 aliphatic rings. The fourth-order valence-corrected chi connectivity index (χ4v) is 4.96. The maximum atomic E-state index is 13.5. The third kappa shape index (κ3) is 7.32. The number of benzene rings is 3. The fourth-order valence-electron chi connectivity index (χ4n) is 3.32. The van der Waals surface area contributed by atoms with Crippen LogP contribution < -0.4 is 14.5 Å². The van der Waals surface area contributed by atoms with Crippen LogP contribution in [0.3, 0.4) is 0 Å². The average Bonchev–Trinajstić information content (AvgIpc) is 2.85. The lowest BCUT2D eigenvalue weighted by molar-refractivity contribution is -0.119. The largest absolute Gasteiger partial charge is 0.494 e. The first kappa shape index (κ1) is 27.2. The molecule has 0 spiro atoms. The van der Waals surface area contributed by atoms with Gasteiger partial charge in [-0.05, 0) is 79.9 Å². The predicted octanol–water partition coefficient (Wildman–Crippen LogP) is 5.48. The zero-order valence-electron chi connectivity index (χ0n) is 20.6. The number of ether oxygens (including phenoxy) is 1. The van der Waals surface area contributed by atoms with Gasteiger partial charge in [0.05, 0.1) is 23.4 Å². The van der Waals surface area contributed by atoms with Gasteiger partial charge in [0, 0.05) is 5.02 Å². The Hall–Kier alpha value is -3.36. The molecule has 3 aromatic rings. The molecule has 0 atom stereocenters. The first-order valence-electron chi connectivity index (χ1n) is 11.6. The molecular formula is C27H30ClN3O4S. The second kappa shape index (κ2) is 12.6. The van der Waals surface area contributed by atoms with Crippen LogP contribution in [-0.4, -0.2) is 33.7 Å². The van der Waals surface area contributed by atoms with E-state index in [4.69, 9.17) is 16.3 Å². The van der Waals surface area contributed by atoms with E-state index in [1.807, 2.05) is 31.2 Å². The van der Waals surface area contributed by atoms with Crippen molar-refractivity contribution in [2.45, 2.75) is 38.5 Å². The highest BCUT2D eigenvalue weighted by Crippen LogP contribution is 2.29. The molecule has 0 radical (unpaired) electrons. The van der Waals surface area contributed by atoms with Crippen molar-refractivity contribution in [2.24, 2.45) is 5.10 Å². The normalized spacial score (nSPS) is 11.4. The molecule has 7 nitrogen and oxygen atoms in total. The van der Waals surface area contributed by atoms with Gasteiger partial charge in [0.25, 0.3) is 15.9 Å². The number of nitrogens with one attached hydrogen (secondary N) is 1. The Morgan fingerprint density at radius 3 is 2.42 bits per heavy atom. The zero-order valence-corrected chi connectivity index (χ0v) is 22.1. The molecule has 36 heavy (non-hydrogen) atoms. The minimum atomic E-state index is -4.05. The number of aryl methyl sites for hydroxylation is 2. The van der Waals surface area contributed by atoms with Crippen LogP contribution >= 0.6 is 11.6 Å². The maximum absolute atomic E-state index is 13.5. The quantitative estimate of drug-likeness (QED) is 0.203. The number of carbonyl (C=O) groups excluding carboxylic acids is 1. The van der Waals surface area contributed by atoms with Gasteiger partial charge in [0.15, 0.2) is 0 Å². The number of hydrazone groups is 1. The van der Waals surface area contributed by atoms with Crippen molar-refractivity contribution < 1.29 is 17.9 Å². The molecule has 9 heteroatoms. The number of unbranched alkanes of at least 4 members (excludes halogenated alkanes) is 1. The van der Waals surface area contributed by atoms with Crippen LogP contribution in [0.2, 0.25) is 5.02 Å². The third-order valence-electron chi connectivity index (χ3n) is 5.39.